The molecule has 1 atom stereocenters. The first-order valence-electron chi connectivity index (χ1n) is 6.45. The Hall–Kier alpha value is -0.570. The van der Waals surface area contributed by atoms with Crippen molar-refractivity contribution in [1.82, 2.24) is 10.2 Å². The van der Waals surface area contributed by atoms with Crippen molar-refractivity contribution >= 4 is 11.6 Å². The van der Waals surface area contributed by atoms with Gasteiger partial charge in [0.15, 0.2) is 0 Å². The van der Waals surface area contributed by atoms with Crippen molar-refractivity contribution < 1.29 is 0 Å². The van der Waals surface area contributed by atoms with E-state index in [2.05, 4.69) is 29.3 Å². The van der Waals surface area contributed by atoms with Crippen molar-refractivity contribution in [3.8, 4) is 0 Å². The minimum Gasteiger partial charge on any atom is -0.314 e. The van der Waals surface area contributed by atoms with Crippen LogP contribution in [0.5, 0.6) is 0 Å². The molecule has 17 heavy (non-hydrogen) atoms. The maximum absolute atomic E-state index is 5.99. The van der Waals surface area contributed by atoms with E-state index >= 15 is 0 Å². The molecule has 0 aliphatic carbocycles. The topological polar surface area (TPSA) is 15.3 Å². The predicted molar refractivity (Wildman–Crippen MR) is 73.7 cm³/mol. The van der Waals surface area contributed by atoms with Gasteiger partial charge in [0.05, 0.1) is 0 Å². The molecule has 1 aromatic carbocycles. The second-order valence-corrected chi connectivity index (χ2v) is 5.24. The Balaban J connectivity index is 1.80. The van der Waals surface area contributed by atoms with Gasteiger partial charge in [-0.15, -0.1) is 0 Å². The molecular formula is C14H21ClN2. The summed E-state index contributed by atoms with van der Waals surface area (Å²) in [6, 6.07) is 8.87. The molecule has 2 rings (SSSR count). The lowest BCUT2D eigenvalue weighted by molar-refractivity contribution is 0.177. The molecule has 1 aliphatic heterocycles. The first-order valence-corrected chi connectivity index (χ1v) is 6.83. The highest BCUT2D eigenvalue weighted by molar-refractivity contribution is 6.30. The number of rotatable bonds is 4. The highest BCUT2D eigenvalue weighted by Crippen LogP contribution is 2.14. The first kappa shape index (κ1) is 12.9. The van der Waals surface area contributed by atoms with Crippen LogP contribution >= 0.6 is 11.6 Å². The summed E-state index contributed by atoms with van der Waals surface area (Å²) in [5, 5.41) is 4.24. The summed E-state index contributed by atoms with van der Waals surface area (Å²) in [5.41, 5.74) is 1.35. The quantitative estimate of drug-likeness (QED) is 0.886. The maximum atomic E-state index is 5.99. The van der Waals surface area contributed by atoms with Gasteiger partial charge in [-0.25, -0.2) is 0 Å². The van der Waals surface area contributed by atoms with Crippen molar-refractivity contribution in [2.24, 2.45) is 0 Å². The minimum absolute atomic E-state index is 0.663. The third kappa shape index (κ3) is 3.98. The molecule has 1 unspecified atom stereocenters. The third-order valence-electron chi connectivity index (χ3n) is 3.51. The highest BCUT2D eigenvalue weighted by Gasteiger charge is 2.15. The number of aryl methyl sites for hydroxylation is 1. The van der Waals surface area contributed by atoms with Crippen LogP contribution in [0.3, 0.4) is 0 Å². The van der Waals surface area contributed by atoms with Gasteiger partial charge >= 0.3 is 0 Å². The van der Waals surface area contributed by atoms with Gasteiger partial charge in [0.25, 0.3) is 0 Å². The Morgan fingerprint density at radius 3 is 2.82 bits per heavy atom. The van der Waals surface area contributed by atoms with E-state index in [0.29, 0.717) is 6.04 Å². The molecule has 1 aliphatic rings. The Bertz CT molecular complexity index is 348. The third-order valence-corrected chi connectivity index (χ3v) is 3.75. The van der Waals surface area contributed by atoms with Crippen LogP contribution in [0.1, 0.15) is 18.9 Å². The van der Waals surface area contributed by atoms with Gasteiger partial charge in [0.2, 0.25) is 0 Å². The van der Waals surface area contributed by atoms with Gasteiger partial charge in [-0.05, 0) is 37.5 Å². The second-order valence-electron chi connectivity index (χ2n) is 4.80. The van der Waals surface area contributed by atoms with Crippen LogP contribution in [0.2, 0.25) is 5.02 Å². The molecule has 2 nitrogen and oxygen atoms in total. The van der Waals surface area contributed by atoms with Crippen molar-refractivity contribution in [2.45, 2.75) is 25.8 Å². The van der Waals surface area contributed by atoms with E-state index in [-0.39, 0.29) is 0 Å². The monoisotopic (exact) mass is 252 g/mol. The van der Waals surface area contributed by atoms with Crippen LogP contribution in [0.4, 0.5) is 0 Å². The molecule has 94 valence electrons. The minimum atomic E-state index is 0.663. The second kappa shape index (κ2) is 6.39. The summed E-state index contributed by atoms with van der Waals surface area (Å²) in [6.45, 7) is 6.94. The standard InChI is InChI=1S/C14H21ClN2/c1-12(17-9-7-16-8-10-17)5-6-13-3-2-4-14(15)11-13/h2-4,11-12,16H,5-10H2,1H3. The summed E-state index contributed by atoms with van der Waals surface area (Å²) in [7, 11) is 0. The van der Waals surface area contributed by atoms with Gasteiger partial charge in [-0.3, -0.25) is 4.90 Å². The number of hydrogen-bond acceptors (Lipinski definition) is 2. The van der Waals surface area contributed by atoms with Gasteiger partial charge < -0.3 is 5.32 Å². The van der Waals surface area contributed by atoms with E-state index in [4.69, 9.17) is 11.6 Å². The van der Waals surface area contributed by atoms with E-state index in [9.17, 15) is 0 Å². The van der Waals surface area contributed by atoms with E-state index < -0.39 is 0 Å². The largest absolute Gasteiger partial charge is 0.314 e. The molecule has 0 aromatic heterocycles. The van der Waals surface area contributed by atoms with Crippen LogP contribution in [-0.4, -0.2) is 37.1 Å². The number of nitrogens with one attached hydrogen (secondary N) is 1. The molecule has 1 fully saturated rings. The molecule has 1 heterocycles. The average Bonchev–Trinajstić information content (AvgIpc) is 2.37. The fraction of sp³-hybridized carbons (Fsp3) is 0.571. The smallest absolute Gasteiger partial charge is 0.0408 e. The lowest BCUT2D eigenvalue weighted by Gasteiger charge is -2.32. The zero-order valence-corrected chi connectivity index (χ0v) is 11.2. The van der Waals surface area contributed by atoms with Crippen molar-refractivity contribution in [1.29, 1.82) is 0 Å². The molecule has 0 amide bonds. The average molecular weight is 253 g/mol. The molecule has 0 radical (unpaired) electrons. The highest BCUT2D eigenvalue weighted by atomic mass is 35.5. The first-order chi connectivity index (χ1) is 8.25. The van der Waals surface area contributed by atoms with Crippen molar-refractivity contribution in [2.75, 3.05) is 26.2 Å². The Morgan fingerprint density at radius 1 is 1.35 bits per heavy atom. The molecule has 1 saturated heterocycles. The number of halogens is 1. The molecule has 1 aromatic rings. The summed E-state index contributed by atoms with van der Waals surface area (Å²) in [5.74, 6) is 0. The number of benzene rings is 1. The van der Waals surface area contributed by atoms with Crippen LogP contribution < -0.4 is 5.32 Å². The molecule has 0 bridgehead atoms. The lowest BCUT2D eigenvalue weighted by atomic mass is 10.0. The summed E-state index contributed by atoms with van der Waals surface area (Å²) in [6.07, 6.45) is 2.33. The maximum Gasteiger partial charge on any atom is 0.0408 e. The van der Waals surface area contributed by atoms with Gasteiger partial charge in [0.1, 0.15) is 0 Å². The Morgan fingerprint density at radius 2 is 2.12 bits per heavy atom. The van der Waals surface area contributed by atoms with E-state index in [1.165, 1.54) is 25.1 Å². The lowest BCUT2D eigenvalue weighted by Crippen LogP contribution is -2.47. The fourth-order valence-electron chi connectivity index (χ4n) is 2.37. The van der Waals surface area contributed by atoms with E-state index in [0.717, 1.165) is 24.5 Å². The number of piperazine rings is 1. The van der Waals surface area contributed by atoms with Crippen molar-refractivity contribution in [3.05, 3.63) is 34.9 Å². The molecular weight excluding hydrogens is 232 g/mol. The Labute approximate surface area is 109 Å². The number of hydrogen-bond donors (Lipinski definition) is 1. The van der Waals surface area contributed by atoms with Crippen molar-refractivity contribution in [3.63, 3.8) is 0 Å². The zero-order valence-electron chi connectivity index (χ0n) is 10.5. The van der Waals surface area contributed by atoms with Crippen LogP contribution in [0.25, 0.3) is 0 Å². The molecule has 0 saturated carbocycles. The number of nitrogens with zero attached hydrogens (tertiary/aromatic N) is 1. The van der Waals surface area contributed by atoms with E-state index in [1.54, 1.807) is 0 Å². The van der Waals surface area contributed by atoms with Crippen LogP contribution in [-0.2, 0) is 6.42 Å². The Kier molecular flexibility index (Phi) is 4.84. The van der Waals surface area contributed by atoms with Crippen LogP contribution in [0, 0.1) is 0 Å². The van der Waals surface area contributed by atoms with Crippen LogP contribution in [0.15, 0.2) is 24.3 Å². The van der Waals surface area contributed by atoms with Gasteiger partial charge in [-0.2, -0.15) is 0 Å². The molecule has 1 N–H and O–H groups in total. The molecule has 0 spiro atoms. The van der Waals surface area contributed by atoms with Gasteiger partial charge in [0, 0.05) is 37.2 Å². The fourth-order valence-corrected chi connectivity index (χ4v) is 2.59. The predicted octanol–water partition coefficient (Wildman–Crippen LogP) is 2.57. The summed E-state index contributed by atoms with van der Waals surface area (Å²) in [4.78, 5) is 2.57. The summed E-state index contributed by atoms with van der Waals surface area (Å²) >= 11 is 5.99. The normalized spacial score (nSPS) is 19.2. The van der Waals surface area contributed by atoms with Gasteiger partial charge in [-0.1, -0.05) is 23.7 Å². The zero-order chi connectivity index (χ0) is 12.1. The molecule has 3 heteroatoms. The summed E-state index contributed by atoms with van der Waals surface area (Å²) < 4.78 is 0. The van der Waals surface area contributed by atoms with E-state index in [1.807, 2.05) is 12.1 Å². The SMILES string of the molecule is CC(CCc1cccc(Cl)c1)N1CCNCC1.